The summed E-state index contributed by atoms with van der Waals surface area (Å²) in [6.07, 6.45) is 1.65. The van der Waals surface area contributed by atoms with E-state index in [9.17, 15) is 9.90 Å². The van der Waals surface area contributed by atoms with Crippen LogP contribution >= 0.6 is 23.5 Å². The molecule has 4 aromatic rings. The van der Waals surface area contributed by atoms with Crippen LogP contribution < -0.4 is 4.90 Å². The molecule has 0 radical (unpaired) electrons. The minimum atomic E-state index is -0.304. The van der Waals surface area contributed by atoms with Gasteiger partial charge in [0.25, 0.3) is 0 Å². The standard InChI is InChI=1S/C27H22N4O2S2/c1-30-20-11-5-6-12-22(20)34-26(30)24-25(33)31(16-17-8-3-2-4-9-17)27(35-24)29-19-13-14-21(32)23-18(19)10-7-15-28-23/h2-15,24,26,32H,16H2,1H3. The van der Waals surface area contributed by atoms with E-state index in [1.54, 1.807) is 35.0 Å². The summed E-state index contributed by atoms with van der Waals surface area (Å²) in [5, 5.41) is 11.3. The Balaban J connectivity index is 1.40. The fraction of sp³-hybridized carbons (Fsp3) is 0.148. The minimum absolute atomic E-state index is 0.0332. The normalized spacial score (nSPS) is 20.7. The summed E-state index contributed by atoms with van der Waals surface area (Å²) >= 11 is 3.23. The first-order valence-electron chi connectivity index (χ1n) is 11.3. The van der Waals surface area contributed by atoms with Crippen LogP contribution in [0.25, 0.3) is 10.9 Å². The van der Waals surface area contributed by atoms with Crippen molar-refractivity contribution in [3.8, 4) is 5.75 Å². The van der Waals surface area contributed by atoms with Crippen molar-refractivity contribution in [2.45, 2.75) is 22.1 Å². The summed E-state index contributed by atoms with van der Waals surface area (Å²) in [6.45, 7) is 0.449. The van der Waals surface area contributed by atoms with Gasteiger partial charge in [-0.25, -0.2) is 4.99 Å². The number of phenols is 1. The van der Waals surface area contributed by atoms with Crippen molar-refractivity contribution in [1.82, 2.24) is 9.88 Å². The zero-order valence-corrected chi connectivity index (χ0v) is 20.5. The predicted molar refractivity (Wildman–Crippen MR) is 143 cm³/mol. The number of fused-ring (bicyclic) bond motifs is 2. The highest BCUT2D eigenvalue weighted by Gasteiger charge is 2.47. The van der Waals surface area contributed by atoms with Crippen LogP contribution in [-0.4, -0.2) is 43.7 Å². The quantitative estimate of drug-likeness (QED) is 0.393. The third-order valence-corrected chi connectivity index (χ3v) is 9.07. The maximum atomic E-state index is 13.8. The van der Waals surface area contributed by atoms with Crippen molar-refractivity contribution in [1.29, 1.82) is 0 Å². The average Bonchev–Trinajstić information content (AvgIpc) is 3.38. The number of hydrogen-bond donors (Lipinski definition) is 1. The number of thioether (sulfide) groups is 2. The lowest BCUT2D eigenvalue weighted by molar-refractivity contribution is -0.126. The molecule has 0 spiro atoms. The molecular weight excluding hydrogens is 476 g/mol. The number of benzene rings is 3. The smallest absolute Gasteiger partial charge is 0.245 e. The Hall–Kier alpha value is -3.49. The molecule has 0 aliphatic carbocycles. The molecule has 6 rings (SSSR count). The molecule has 6 nitrogen and oxygen atoms in total. The third-order valence-electron chi connectivity index (χ3n) is 6.23. The van der Waals surface area contributed by atoms with Crippen LogP contribution in [0.3, 0.4) is 0 Å². The zero-order valence-electron chi connectivity index (χ0n) is 18.9. The van der Waals surface area contributed by atoms with Crippen LogP contribution in [0.2, 0.25) is 0 Å². The molecule has 1 saturated heterocycles. The number of para-hydroxylation sites is 1. The Morgan fingerprint density at radius 1 is 0.971 bits per heavy atom. The first-order valence-corrected chi connectivity index (χ1v) is 13.0. The number of aliphatic imine (C=N–C) groups is 1. The highest BCUT2D eigenvalue weighted by atomic mass is 32.2. The van der Waals surface area contributed by atoms with Gasteiger partial charge < -0.3 is 10.0 Å². The number of pyridine rings is 1. The summed E-state index contributed by atoms with van der Waals surface area (Å²) in [5.41, 5.74) is 3.36. The minimum Gasteiger partial charge on any atom is -0.506 e. The molecule has 2 aliphatic rings. The summed E-state index contributed by atoms with van der Waals surface area (Å²) in [7, 11) is 2.05. The van der Waals surface area contributed by atoms with E-state index in [-0.39, 0.29) is 22.3 Å². The molecule has 1 fully saturated rings. The Morgan fingerprint density at radius 3 is 2.60 bits per heavy atom. The van der Waals surface area contributed by atoms with E-state index in [0.717, 1.165) is 16.6 Å². The molecule has 1 N–H and O–H groups in total. The number of aromatic nitrogens is 1. The molecule has 2 atom stereocenters. The molecular formula is C27H22N4O2S2. The number of anilines is 1. The van der Waals surface area contributed by atoms with Crippen LogP contribution in [0.1, 0.15) is 5.56 Å². The van der Waals surface area contributed by atoms with Crippen molar-refractivity contribution in [2.75, 3.05) is 11.9 Å². The molecule has 35 heavy (non-hydrogen) atoms. The maximum absolute atomic E-state index is 13.8. The molecule has 0 saturated carbocycles. The number of aromatic hydroxyl groups is 1. The van der Waals surface area contributed by atoms with Crippen LogP contribution in [0, 0.1) is 0 Å². The summed E-state index contributed by atoms with van der Waals surface area (Å²) < 4.78 is 0. The first-order chi connectivity index (χ1) is 17.1. The van der Waals surface area contributed by atoms with Crippen molar-refractivity contribution in [3.63, 3.8) is 0 Å². The molecule has 1 aromatic heterocycles. The number of carbonyl (C=O) groups is 1. The highest BCUT2D eigenvalue weighted by molar-refractivity contribution is 8.16. The van der Waals surface area contributed by atoms with E-state index >= 15 is 0 Å². The van der Waals surface area contributed by atoms with E-state index in [0.29, 0.717) is 22.9 Å². The lowest BCUT2D eigenvalue weighted by Crippen LogP contribution is -2.41. The van der Waals surface area contributed by atoms with Crippen LogP contribution in [0.4, 0.5) is 11.4 Å². The van der Waals surface area contributed by atoms with Crippen LogP contribution in [0.5, 0.6) is 5.75 Å². The van der Waals surface area contributed by atoms with Crippen LogP contribution in [-0.2, 0) is 11.3 Å². The molecule has 3 aromatic carbocycles. The number of amides is 1. The van der Waals surface area contributed by atoms with Gasteiger partial charge in [0.2, 0.25) is 5.91 Å². The van der Waals surface area contributed by atoms with Gasteiger partial charge in [0, 0.05) is 23.5 Å². The van der Waals surface area contributed by atoms with Gasteiger partial charge in [-0.2, -0.15) is 0 Å². The summed E-state index contributed by atoms with van der Waals surface area (Å²) in [5.74, 6) is 0.163. The van der Waals surface area contributed by atoms with Gasteiger partial charge in [-0.15, -0.1) is 0 Å². The SMILES string of the molecule is CN1c2ccccc2SC1C1SC(=Nc2ccc(O)c3ncccc23)N(Cc2ccccc2)C1=O. The first kappa shape index (κ1) is 22.0. The van der Waals surface area contributed by atoms with E-state index in [1.807, 2.05) is 61.6 Å². The fourth-order valence-corrected chi connectivity index (χ4v) is 7.24. The second-order valence-corrected chi connectivity index (χ2v) is 10.7. The number of nitrogens with zero attached hydrogens (tertiary/aromatic N) is 4. The number of amidine groups is 1. The van der Waals surface area contributed by atoms with Gasteiger partial charge in [-0.1, -0.05) is 66.0 Å². The fourth-order valence-electron chi connectivity index (χ4n) is 4.46. The number of hydrogen-bond acceptors (Lipinski definition) is 7. The third kappa shape index (κ3) is 3.92. The van der Waals surface area contributed by atoms with Gasteiger partial charge in [0.05, 0.1) is 17.9 Å². The van der Waals surface area contributed by atoms with Crippen molar-refractivity contribution in [3.05, 3.63) is 90.6 Å². The van der Waals surface area contributed by atoms with Gasteiger partial charge in [-0.3, -0.25) is 14.7 Å². The van der Waals surface area contributed by atoms with Gasteiger partial charge in [0.1, 0.15) is 21.9 Å². The highest BCUT2D eigenvalue weighted by Crippen LogP contribution is 2.48. The van der Waals surface area contributed by atoms with E-state index in [2.05, 4.69) is 22.0 Å². The van der Waals surface area contributed by atoms with Gasteiger partial charge >= 0.3 is 0 Å². The molecule has 3 heterocycles. The second kappa shape index (κ2) is 8.94. The molecule has 174 valence electrons. The van der Waals surface area contributed by atoms with Gasteiger partial charge in [-0.05, 0) is 42.0 Å². The number of phenolic OH excluding ortho intramolecular Hbond substituents is 1. The maximum Gasteiger partial charge on any atom is 0.245 e. The Morgan fingerprint density at radius 2 is 1.77 bits per heavy atom. The van der Waals surface area contributed by atoms with Crippen molar-refractivity contribution < 1.29 is 9.90 Å². The van der Waals surface area contributed by atoms with E-state index in [1.165, 1.54) is 16.7 Å². The number of carbonyl (C=O) groups excluding carboxylic acids is 1. The summed E-state index contributed by atoms with van der Waals surface area (Å²) in [4.78, 5) is 28.3. The lowest BCUT2D eigenvalue weighted by Gasteiger charge is -2.25. The van der Waals surface area contributed by atoms with Crippen molar-refractivity contribution >= 4 is 56.9 Å². The molecule has 2 unspecified atom stereocenters. The predicted octanol–water partition coefficient (Wildman–Crippen LogP) is 5.64. The largest absolute Gasteiger partial charge is 0.506 e. The Labute approximate surface area is 211 Å². The van der Waals surface area contributed by atoms with Gasteiger partial charge in [0.15, 0.2) is 5.17 Å². The summed E-state index contributed by atoms with van der Waals surface area (Å²) in [6, 6.07) is 25.3. The topological polar surface area (TPSA) is 69.0 Å². The number of rotatable bonds is 4. The zero-order chi connectivity index (χ0) is 23.9. The molecule has 2 aliphatic heterocycles. The van der Waals surface area contributed by atoms with Crippen molar-refractivity contribution in [2.24, 2.45) is 4.99 Å². The van der Waals surface area contributed by atoms with E-state index < -0.39 is 0 Å². The monoisotopic (exact) mass is 498 g/mol. The molecule has 1 amide bonds. The Kier molecular flexibility index (Phi) is 5.62. The lowest BCUT2D eigenvalue weighted by atomic mass is 10.1. The van der Waals surface area contributed by atoms with E-state index in [4.69, 9.17) is 4.99 Å². The molecule has 0 bridgehead atoms. The Bertz CT molecular complexity index is 1460. The average molecular weight is 499 g/mol. The van der Waals surface area contributed by atoms with Crippen LogP contribution in [0.15, 0.2) is 94.9 Å². The molecule has 8 heteroatoms. The second-order valence-electron chi connectivity index (χ2n) is 8.43.